The Hall–Kier alpha value is -1.73. The molecule has 90 valence electrons. The second kappa shape index (κ2) is 4.64. The average molecular weight is 252 g/mol. The summed E-state index contributed by atoms with van der Waals surface area (Å²) in [5.41, 5.74) is 1.52. The Kier molecular flexibility index (Phi) is 3.21. The molecular weight excluding hydrogens is 240 g/mol. The van der Waals surface area contributed by atoms with E-state index in [2.05, 4.69) is 19.9 Å². The van der Waals surface area contributed by atoms with E-state index < -0.39 is 10.0 Å². The van der Waals surface area contributed by atoms with Crippen molar-refractivity contribution in [3.05, 3.63) is 41.9 Å². The van der Waals surface area contributed by atoms with Crippen molar-refractivity contribution in [2.45, 2.75) is 18.5 Å². The standard InChI is InChI=1S/C10H12N4O2S/c1-8-3-2-4-9(13-8)7-12-17(15,16)10-5-6-11-14-10/h2-6,12H,7H2,1H3,(H,11,14). The maximum absolute atomic E-state index is 11.7. The van der Waals surface area contributed by atoms with Gasteiger partial charge in [0.1, 0.15) is 0 Å². The van der Waals surface area contributed by atoms with Crippen LogP contribution in [0, 0.1) is 6.92 Å². The summed E-state index contributed by atoms with van der Waals surface area (Å²) in [5.74, 6) is 0. The second-order valence-corrected chi connectivity index (χ2v) is 5.25. The van der Waals surface area contributed by atoms with Crippen molar-refractivity contribution in [2.24, 2.45) is 0 Å². The lowest BCUT2D eigenvalue weighted by atomic mass is 10.3. The molecule has 0 aromatic carbocycles. The van der Waals surface area contributed by atoms with E-state index in [1.165, 1.54) is 12.3 Å². The number of rotatable bonds is 4. The van der Waals surface area contributed by atoms with Crippen molar-refractivity contribution < 1.29 is 8.42 Å². The van der Waals surface area contributed by atoms with Gasteiger partial charge in [-0.2, -0.15) is 5.10 Å². The number of nitrogens with one attached hydrogen (secondary N) is 2. The molecule has 2 aromatic heterocycles. The molecule has 0 atom stereocenters. The van der Waals surface area contributed by atoms with Gasteiger partial charge in [0, 0.05) is 5.69 Å². The lowest BCUT2D eigenvalue weighted by Gasteiger charge is -2.04. The van der Waals surface area contributed by atoms with Crippen molar-refractivity contribution in [3.63, 3.8) is 0 Å². The van der Waals surface area contributed by atoms with Crippen molar-refractivity contribution in [1.29, 1.82) is 0 Å². The number of hydrogen-bond donors (Lipinski definition) is 2. The molecule has 17 heavy (non-hydrogen) atoms. The third-order valence-electron chi connectivity index (χ3n) is 2.15. The predicted octanol–water partition coefficient (Wildman–Crippen LogP) is 0.592. The van der Waals surface area contributed by atoms with Gasteiger partial charge in [0.2, 0.25) is 0 Å². The molecule has 0 amide bonds. The summed E-state index contributed by atoms with van der Waals surface area (Å²) < 4.78 is 25.9. The van der Waals surface area contributed by atoms with E-state index in [0.717, 1.165) is 5.69 Å². The Morgan fingerprint density at radius 1 is 1.35 bits per heavy atom. The van der Waals surface area contributed by atoms with Gasteiger partial charge >= 0.3 is 0 Å². The van der Waals surface area contributed by atoms with Crippen LogP contribution in [0.1, 0.15) is 11.4 Å². The van der Waals surface area contributed by atoms with Crippen LogP contribution in [0.15, 0.2) is 35.5 Å². The lowest BCUT2D eigenvalue weighted by Crippen LogP contribution is -2.24. The summed E-state index contributed by atoms with van der Waals surface area (Å²) >= 11 is 0. The molecule has 0 radical (unpaired) electrons. The SMILES string of the molecule is Cc1cccc(CNS(=O)(=O)c2ccn[nH]2)n1. The highest BCUT2D eigenvalue weighted by molar-refractivity contribution is 7.89. The largest absolute Gasteiger partial charge is 0.266 e. The number of hydrogen-bond acceptors (Lipinski definition) is 4. The van der Waals surface area contributed by atoms with Gasteiger partial charge in [-0.05, 0) is 25.1 Å². The molecule has 0 saturated heterocycles. The summed E-state index contributed by atoms with van der Waals surface area (Å²) in [6, 6.07) is 6.85. The van der Waals surface area contributed by atoms with E-state index in [1.54, 1.807) is 6.07 Å². The number of nitrogens with zero attached hydrogens (tertiary/aromatic N) is 2. The molecule has 0 aliphatic rings. The van der Waals surface area contributed by atoms with Crippen LogP contribution in [-0.2, 0) is 16.6 Å². The van der Waals surface area contributed by atoms with Gasteiger partial charge in [-0.1, -0.05) is 6.07 Å². The highest BCUT2D eigenvalue weighted by atomic mass is 32.2. The number of sulfonamides is 1. The highest BCUT2D eigenvalue weighted by Crippen LogP contribution is 2.04. The Morgan fingerprint density at radius 2 is 2.18 bits per heavy atom. The van der Waals surface area contributed by atoms with Crippen molar-refractivity contribution >= 4 is 10.0 Å². The molecule has 2 aromatic rings. The summed E-state index contributed by atoms with van der Waals surface area (Å²) in [6.45, 7) is 2.01. The number of aromatic nitrogens is 3. The summed E-state index contributed by atoms with van der Waals surface area (Å²) in [7, 11) is -3.54. The number of pyridine rings is 1. The fourth-order valence-corrected chi connectivity index (χ4v) is 2.24. The van der Waals surface area contributed by atoms with Gasteiger partial charge in [0.15, 0.2) is 5.03 Å². The Morgan fingerprint density at radius 3 is 2.82 bits per heavy atom. The number of aromatic amines is 1. The first-order valence-electron chi connectivity index (χ1n) is 4.99. The van der Waals surface area contributed by atoms with Crippen LogP contribution >= 0.6 is 0 Å². The maximum Gasteiger partial charge on any atom is 0.257 e. The zero-order valence-corrected chi connectivity index (χ0v) is 10.0. The van der Waals surface area contributed by atoms with Crippen LogP contribution in [0.2, 0.25) is 0 Å². The van der Waals surface area contributed by atoms with Crippen LogP contribution in [0.5, 0.6) is 0 Å². The van der Waals surface area contributed by atoms with Crippen LogP contribution < -0.4 is 4.72 Å². The molecule has 0 fully saturated rings. The first kappa shape index (κ1) is 11.7. The average Bonchev–Trinajstić information content (AvgIpc) is 2.81. The highest BCUT2D eigenvalue weighted by Gasteiger charge is 2.14. The van der Waals surface area contributed by atoms with Crippen molar-refractivity contribution in [2.75, 3.05) is 0 Å². The van der Waals surface area contributed by atoms with E-state index >= 15 is 0 Å². The minimum Gasteiger partial charge on any atom is -0.266 e. The summed E-state index contributed by atoms with van der Waals surface area (Å²) in [5, 5.41) is 6.05. The van der Waals surface area contributed by atoms with E-state index in [-0.39, 0.29) is 11.6 Å². The molecule has 2 rings (SSSR count). The Balaban J connectivity index is 2.08. The van der Waals surface area contributed by atoms with Crippen molar-refractivity contribution in [3.8, 4) is 0 Å². The first-order chi connectivity index (χ1) is 8.08. The van der Waals surface area contributed by atoms with E-state index in [1.807, 2.05) is 19.1 Å². The molecular formula is C10H12N4O2S. The minimum absolute atomic E-state index is 0.0464. The van der Waals surface area contributed by atoms with Crippen LogP contribution in [0.3, 0.4) is 0 Å². The molecule has 0 unspecified atom stereocenters. The smallest absolute Gasteiger partial charge is 0.257 e. The number of aryl methyl sites for hydroxylation is 1. The lowest BCUT2D eigenvalue weighted by molar-refractivity contribution is 0.576. The second-order valence-electron chi connectivity index (χ2n) is 3.52. The van der Waals surface area contributed by atoms with E-state index in [4.69, 9.17) is 0 Å². The summed E-state index contributed by atoms with van der Waals surface area (Å²) in [6.07, 6.45) is 1.39. The minimum atomic E-state index is -3.54. The van der Waals surface area contributed by atoms with Gasteiger partial charge in [0.25, 0.3) is 10.0 Å². The molecule has 0 aliphatic heterocycles. The molecule has 6 nitrogen and oxygen atoms in total. The number of H-pyrrole nitrogens is 1. The topological polar surface area (TPSA) is 87.7 Å². The zero-order chi connectivity index (χ0) is 12.3. The molecule has 0 saturated carbocycles. The third kappa shape index (κ3) is 2.89. The summed E-state index contributed by atoms with van der Waals surface area (Å²) in [4.78, 5) is 4.20. The molecule has 2 N–H and O–H groups in total. The first-order valence-corrected chi connectivity index (χ1v) is 6.48. The molecule has 0 aliphatic carbocycles. The molecule has 0 spiro atoms. The molecule has 2 heterocycles. The van der Waals surface area contributed by atoms with E-state index in [0.29, 0.717) is 5.69 Å². The van der Waals surface area contributed by atoms with Gasteiger partial charge in [-0.15, -0.1) is 0 Å². The Labute approximate surface area is 99.1 Å². The maximum atomic E-state index is 11.7. The van der Waals surface area contributed by atoms with Gasteiger partial charge in [-0.25, -0.2) is 13.1 Å². The fourth-order valence-electron chi connectivity index (χ4n) is 1.34. The Bertz CT molecular complexity index is 593. The van der Waals surface area contributed by atoms with Gasteiger partial charge < -0.3 is 0 Å². The van der Waals surface area contributed by atoms with Crippen LogP contribution in [-0.4, -0.2) is 23.6 Å². The van der Waals surface area contributed by atoms with Crippen molar-refractivity contribution in [1.82, 2.24) is 19.9 Å². The normalized spacial score (nSPS) is 11.6. The van der Waals surface area contributed by atoms with Crippen LogP contribution in [0.25, 0.3) is 0 Å². The van der Waals surface area contributed by atoms with Gasteiger partial charge in [-0.3, -0.25) is 10.1 Å². The quantitative estimate of drug-likeness (QED) is 0.833. The van der Waals surface area contributed by atoms with E-state index in [9.17, 15) is 8.42 Å². The zero-order valence-electron chi connectivity index (χ0n) is 9.21. The third-order valence-corrected chi connectivity index (χ3v) is 3.48. The monoisotopic (exact) mass is 252 g/mol. The molecule has 0 bridgehead atoms. The fraction of sp³-hybridized carbons (Fsp3) is 0.200. The molecule has 7 heteroatoms. The van der Waals surface area contributed by atoms with Crippen LogP contribution in [0.4, 0.5) is 0 Å². The van der Waals surface area contributed by atoms with Gasteiger partial charge in [0.05, 0.1) is 18.4 Å². The predicted molar refractivity (Wildman–Crippen MR) is 61.6 cm³/mol.